The normalized spacial score (nSPS) is 19.1. The van der Waals surface area contributed by atoms with Gasteiger partial charge in [-0.25, -0.2) is 4.48 Å². The summed E-state index contributed by atoms with van der Waals surface area (Å²) in [5.74, 6) is 0.645. The van der Waals surface area contributed by atoms with Crippen molar-refractivity contribution in [1.82, 2.24) is 14.0 Å². The number of hydrogen-bond donors (Lipinski definition) is 0. The van der Waals surface area contributed by atoms with Crippen molar-refractivity contribution in [2.45, 2.75) is 12.7 Å². The number of alkyl halides is 3. The lowest BCUT2D eigenvalue weighted by Gasteiger charge is -2.30. The van der Waals surface area contributed by atoms with Crippen LogP contribution in [0.2, 0.25) is 5.02 Å². The van der Waals surface area contributed by atoms with Crippen molar-refractivity contribution in [3.8, 4) is 11.3 Å². The van der Waals surface area contributed by atoms with Gasteiger partial charge in [0.25, 0.3) is 0 Å². The van der Waals surface area contributed by atoms with Gasteiger partial charge in [0.1, 0.15) is 11.9 Å². The molecule has 138 valence electrons. The van der Waals surface area contributed by atoms with E-state index < -0.39 is 11.7 Å². The molecule has 1 aliphatic heterocycles. The third-order valence-corrected chi connectivity index (χ3v) is 5.00. The highest BCUT2D eigenvalue weighted by Crippen LogP contribution is 2.40. The molecule has 2 heterocycles. The molecule has 0 aliphatic carbocycles. The molecule has 1 aliphatic rings. The van der Waals surface area contributed by atoms with Crippen LogP contribution in [0.4, 0.5) is 24.8 Å². The van der Waals surface area contributed by atoms with Crippen molar-refractivity contribution in [3.63, 3.8) is 0 Å². The first-order valence-corrected chi connectivity index (χ1v) is 8.71. The van der Waals surface area contributed by atoms with Crippen LogP contribution in [-0.2, 0) is 12.7 Å². The minimum atomic E-state index is -4.44. The molecule has 1 unspecified atom stereocenters. The van der Waals surface area contributed by atoms with E-state index in [1.807, 2.05) is 36.0 Å². The van der Waals surface area contributed by atoms with Crippen molar-refractivity contribution in [1.29, 1.82) is 0 Å². The number of hydrogen-bond acceptors (Lipinski definition) is 1. The summed E-state index contributed by atoms with van der Waals surface area (Å²) in [5.41, 5.74) is 0.612. The largest absolute Gasteiger partial charge is 0.417 e. The first kappa shape index (κ1) is 17.8. The quantitative estimate of drug-likeness (QED) is 0.489. The van der Waals surface area contributed by atoms with Gasteiger partial charge >= 0.3 is 12.1 Å². The maximum atomic E-state index is 13.4. The first-order chi connectivity index (χ1) is 12.8. The van der Waals surface area contributed by atoms with Gasteiger partial charge in [-0.3, -0.25) is 4.57 Å². The van der Waals surface area contributed by atoms with Crippen LogP contribution < -0.4 is 4.48 Å². The second-order valence-electron chi connectivity index (χ2n) is 6.56. The minimum Gasteiger partial charge on any atom is -0.280 e. The van der Waals surface area contributed by atoms with Gasteiger partial charge in [0.15, 0.2) is 0 Å². The van der Waals surface area contributed by atoms with Gasteiger partial charge in [-0.2, -0.15) is 18.2 Å². The Balaban J connectivity index is 1.85. The van der Waals surface area contributed by atoms with E-state index in [2.05, 4.69) is 4.98 Å². The summed E-state index contributed by atoms with van der Waals surface area (Å²) in [5, 5.41) is 0.620. The highest BCUT2D eigenvalue weighted by atomic mass is 35.5. The number of aromatic nitrogens is 2. The van der Waals surface area contributed by atoms with E-state index in [0.717, 1.165) is 11.8 Å². The number of fused-ring (bicyclic) bond motifs is 1. The number of benzene rings is 2. The minimum absolute atomic E-state index is 0.0783. The molecule has 3 aromatic rings. The summed E-state index contributed by atoms with van der Waals surface area (Å²) in [6.45, 7) is 0.554. The lowest BCUT2D eigenvalue weighted by atomic mass is 10.0. The fourth-order valence-corrected chi connectivity index (χ4v) is 3.51. The van der Waals surface area contributed by atoms with E-state index in [-0.39, 0.29) is 10.0 Å². The summed E-state index contributed by atoms with van der Waals surface area (Å²) < 4.78 is 42.3. The summed E-state index contributed by atoms with van der Waals surface area (Å²) in [7, 11) is 1.94. The number of rotatable bonds is 2. The maximum Gasteiger partial charge on any atom is 0.417 e. The molecule has 0 radical (unpaired) electrons. The molecule has 2 aromatic carbocycles. The molecule has 27 heavy (non-hydrogen) atoms. The van der Waals surface area contributed by atoms with Crippen LogP contribution in [0, 0.1) is 0 Å². The predicted molar refractivity (Wildman–Crippen MR) is 101 cm³/mol. The SMILES string of the molecule is C[N+]1(c2ccc(Cl)cc2)C=CCn2cc(-c3ccccc3C(F)(F)F)nc21. The van der Waals surface area contributed by atoms with E-state index in [0.29, 0.717) is 23.2 Å². The lowest BCUT2D eigenvalue weighted by molar-refractivity contribution is -0.137. The summed E-state index contributed by atoms with van der Waals surface area (Å²) >= 11 is 5.99. The van der Waals surface area contributed by atoms with Gasteiger partial charge in [-0.05, 0) is 24.3 Å². The van der Waals surface area contributed by atoms with Crippen LogP contribution in [-0.4, -0.2) is 16.6 Å². The van der Waals surface area contributed by atoms with Crippen molar-refractivity contribution >= 4 is 23.2 Å². The van der Waals surface area contributed by atoms with Crippen LogP contribution in [0.15, 0.2) is 67.0 Å². The molecule has 7 heteroatoms. The highest BCUT2D eigenvalue weighted by Gasteiger charge is 2.37. The maximum absolute atomic E-state index is 13.4. The van der Waals surface area contributed by atoms with Gasteiger partial charge in [-0.15, -0.1) is 0 Å². The standard InChI is InChI=1S/C20H16ClF3N3/c1-27(15-9-7-14(21)8-10-15)12-4-11-26-13-18(25-19(26)27)16-5-2-3-6-17(16)20(22,23)24/h2-10,12-13H,11H2,1H3/q+1. The van der Waals surface area contributed by atoms with Gasteiger partial charge < -0.3 is 0 Å². The molecule has 0 saturated carbocycles. The number of allylic oxidation sites excluding steroid dienone is 1. The molecule has 1 atom stereocenters. The van der Waals surface area contributed by atoms with Crippen LogP contribution in [0.1, 0.15) is 5.56 Å². The van der Waals surface area contributed by atoms with E-state index in [9.17, 15) is 13.2 Å². The van der Waals surface area contributed by atoms with Crippen molar-refractivity contribution in [2.24, 2.45) is 0 Å². The molecule has 0 saturated heterocycles. The Morgan fingerprint density at radius 2 is 1.78 bits per heavy atom. The lowest BCUT2D eigenvalue weighted by Crippen LogP contribution is -2.38. The Bertz CT molecular complexity index is 1020. The van der Waals surface area contributed by atoms with E-state index in [1.54, 1.807) is 24.4 Å². The van der Waals surface area contributed by atoms with E-state index >= 15 is 0 Å². The van der Waals surface area contributed by atoms with Crippen molar-refractivity contribution in [3.05, 3.63) is 77.6 Å². The molecule has 0 fully saturated rings. The Labute approximate surface area is 159 Å². The van der Waals surface area contributed by atoms with Crippen LogP contribution in [0.5, 0.6) is 0 Å². The number of nitrogens with zero attached hydrogens (tertiary/aromatic N) is 3. The summed E-state index contributed by atoms with van der Waals surface area (Å²) in [6, 6.07) is 12.9. The third kappa shape index (κ3) is 3.05. The molecule has 0 amide bonds. The molecule has 0 bridgehead atoms. The Morgan fingerprint density at radius 1 is 1.07 bits per heavy atom. The molecule has 3 nitrogen and oxygen atoms in total. The fraction of sp³-hybridized carbons (Fsp3) is 0.150. The topological polar surface area (TPSA) is 17.8 Å². The van der Waals surface area contributed by atoms with Gasteiger partial charge in [0.2, 0.25) is 0 Å². The fourth-order valence-electron chi connectivity index (χ4n) is 3.39. The molecular formula is C20H16ClF3N3+. The monoisotopic (exact) mass is 390 g/mol. The Hall–Kier alpha value is -2.57. The Kier molecular flexibility index (Phi) is 4.13. The Morgan fingerprint density at radius 3 is 2.48 bits per heavy atom. The summed E-state index contributed by atoms with van der Waals surface area (Å²) in [4.78, 5) is 4.60. The van der Waals surface area contributed by atoms with Crippen molar-refractivity contribution in [2.75, 3.05) is 7.05 Å². The molecular weight excluding hydrogens is 375 g/mol. The molecule has 0 spiro atoms. The number of halogens is 4. The second-order valence-corrected chi connectivity index (χ2v) is 6.99. The van der Waals surface area contributed by atoms with Gasteiger partial charge in [-0.1, -0.05) is 29.8 Å². The number of imidazole rings is 1. The first-order valence-electron chi connectivity index (χ1n) is 8.33. The zero-order valence-corrected chi connectivity index (χ0v) is 15.2. The van der Waals surface area contributed by atoms with E-state index in [4.69, 9.17) is 11.6 Å². The third-order valence-electron chi connectivity index (χ3n) is 4.75. The van der Waals surface area contributed by atoms with Gasteiger partial charge in [0, 0.05) is 28.9 Å². The summed E-state index contributed by atoms with van der Waals surface area (Å²) in [6.07, 6.45) is 1.19. The molecule has 1 aromatic heterocycles. The molecule has 4 rings (SSSR count). The average Bonchev–Trinajstić information content (AvgIpc) is 3.07. The molecule has 0 N–H and O–H groups in total. The van der Waals surface area contributed by atoms with Crippen LogP contribution >= 0.6 is 11.6 Å². The smallest absolute Gasteiger partial charge is 0.280 e. The second kappa shape index (κ2) is 6.25. The zero-order valence-electron chi connectivity index (χ0n) is 14.4. The van der Waals surface area contributed by atoms with Crippen LogP contribution in [0.25, 0.3) is 11.3 Å². The average molecular weight is 391 g/mol. The van der Waals surface area contributed by atoms with E-state index in [1.165, 1.54) is 12.1 Å². The zero-order chi connectivity index (χ0) is 19.2. The van der Waals surface area contributed by atoms with Crippen molar-refractivity contribution < 1.29 is 13.2 Å². The van der Waals surface area contributed by atoms with Gasteiger partial charge in [0.05, 0.1) is 24.8 Å². The number of quaternary nitrogens is 1. The highest BCUT2D eigenvalue weighted by molar-refractivity contribution is 6.30. The predicted octanol–water partition coefficient (Wildman–Crippen LogP) is 6.02. The van der Waals surface area contributed by atoms with Crippen LogP contribution in [0.3, 0.4) is 0 Å².